The molecule has 0 fully saturated rings. The first kappa shape index (κ1) is 16.1. The minimum Gasteiger partial charge on any atom is -0.484 e. The third-order valence-corrected chi connectivity index (χ3v) is 3.43. The molecule has 1 heterocycles. The third-order valence-electron chi connectivity index (χ3n) is 3.43. The van der Waals surface area contributed by atoms with Crippen molar-refractivity contribution < 1.29 is 9.53 Å². The van der Waals surface area contributed by atoms with Gasteiger partial charge in [0.25, 0.3) is 5.91 Å². The average Bonchev–Trinajstić information content (AvgIpc) is 3.15. The van der Waals surface area contributed by atoms with Crippen LogP contribution >= 0.6 is 0 Å². The molecule has 1 amide bonds. The van der Waals surface area contributed by atoms with E-state index >= 15 is 0 Å². The largest absolute Gasteiger partial charge is 0.484 e. The van der Waals surface area contributed by atoms with Crippen LogP contribution in [0.1, 0.15) is 11.1 Å². The Balaban J connectivity index is 1.59. The average molecular weight is 334 g/mol. The molecule has 2 aromatic carbocycles. The summed E-state index contributed by atoms with van der Waals surface area (Å²) in [6.45, 7) is 1.78. The van der Waals surface area contributed by atoms with Crippen molar-refractivity contribution in [2.75, 3.05) is 11.9 Å². The highest BCUT2D eigenvalue weighted by molar-refractivity contribution is 5.92. The summed E-state index contributed by atoms with van der Waals surface area (Å²) in [5, 5.41) is 22.6. The number of ether oxygens (including phenoxy) is 1. The van der Waals surface area contributed by atoms with E-state index in [0.29, 0.717) is 17.0 Å². The van der Waals surface area contributed by atoms with Gasteiger partial charge in [0.1, 0.15) is 12.1 Å². The van der Waals surface area contributed by atoms with E-state index in [1.807, 2.05) is 25.1 Å². The minimum atomic E-state index is -0.279. The Bertz CT molecular complexity index is 913. The molecule has 0 aliphatic heterocycles. The summed E-state index contributed by atoms with van der Waals surface area (Å²) in [6.07, 6.45) is 1.51. The Kier molecular flexibility index (Phi) is 4.67. The van der Waals surface area contributed by atoms with Crippen LogP contribution in [0.3, 0.4) is 0 Å². The molecule has 0 radical (unpaired) electrons. The molecule has 1 N–H and O–H groups in total. The van der Waals surface area contributed by atoms with Crippen molar-refractivity contribution in [1.29, 1.82) is 5.26 Å². The van der Waals surface area contributed by atoms with Gasteiger partial charge in [-0.3, -0.25) is 4.79 Å². The van der Waals surface area contributed by atoms with Crippen LogP contribution in [0.4, 0.5) is 5.69 Å². The van der Waals surface area contributed by atoms with Crippen molar-refractivity contribution in [2.45, 2.75) is 6.92 Å². The van der Waals surface area contributed by atoms with E-state index in [0.717, 1.165) is 11.3 Å². The Morgan fingerprint density at radius 1 is 1.28 bits per heavy atom. The molecule has 0 atom stereocenters. The highest BCUT2D eigenvalue weighted by atomic mass is 16.5. The Labute approximate surface area is 143 Å². The predicted molar refractivity (Wildman–Crippen MR) is 89.2 cm³/mol. The molecule has 0 saturated heterocycles. The van der Waals surface area contributed by atoms with Gasteiger partial charge in [-0.25, -0.2) is 4.68 Å². The van der Waals surface area contributed by atoms with Crippen LogP contribution in [0, 0.1) is 18.3 Å². The van der Waals surface area contributed by atoms with E-state index in [1.165, 1.54) is 6.33 Å². The number of amides is 1. The van der Waals surface area contributed by atoms with Gasteiger partial charge in [-0.2, -0.15) is 5.26 Å². The summed E-state index contributed by atoms with van der Waals surface area (Å²) in [6, 6.07) is 14.0. The van der Waals surface area contributed by atoms with Crippen molar-refractivity contribution >= 4 is 11.6 Å². The molecule has 3 rings (SSSR count). The standard InChI is InChI=1S/C17H14N6O2/c1-12-8-14(4-7-16(12)23-11-19-21-22-23)20-17(24)10-25-15-5-2-13(9-18)3-6-15/h2-8,11H,10H2,1H3,(H,20,24). The van der Waals surface area contributed by atoms with Gasteiger partial charge in [0, 0.05) is 5.69 Å². The van der Waals surface area contributed by atoms with E-state index < -0.39 is 0 Å². The lowest BCUT2D eigenvalue weighted by Gasteiger charge is -2.10. The number of aromatic nitrogens is 4. The van der Waals surface area contributed by atoms with Gasteiger partial charge in [0.05, 0.1) is 17.3 Å². The van der Waals surface area contributed by atoms with Gasteiger partial charge < -0.3 is 10.1 Å². The first-order chi connectivity index (χ1) is 12.2. The van der Waals surface area contributed by atoms with Gasteiger partial charge in [-0.15, -0.1) is 5.10 Å². The lowest BCUT2D eigenvalue weighted by atomic mass is 10.2. The molecule has 1 aromatic heterocycles. The molecule has 0 unspecified atom stereocenters. The number of tetrazole rings is 1. The number of nitriles is 1. The van der Waals surface area contributed by atoms with E-state index in [-0.39, 0.29) is 12.5 Å². The predicted octanol–water partition coefficient (Wildman–Crippen LogP) is 1.86. The van der Waals surface area contributed by atoms with Gasteiger partial charge in [-0.1, -0.05) is 0 Å². The number of benzene rings is 2. The maximum Gasteiger partial charge on any atom is 0.262 e. The maximum atomic E-state index is 12.0. The summed E-state index contributed by atoms with van der Waals surface area (Å²) in [5.41, 5.74) is 2.94. The second kappa shape index (κ2) is 7.23. The molecule has 0 bridgehead atoms. The monoisotopic (exact) mass is 334 g/mol. The van der Waals surface area contributed by atoms with Crippen molar-refractivity contribution in [3.63, 3.8) is 0 Å². The van der Waals surface area contributed by atoms with E-state index in [4.69, 9.17) is 10.00 Å². The normalized spacial score (nSPS) is 10.1. The van der Waals surface area contributed by atoms with Crippen LogP contribution in [-0.4, -0.2) is 32.7 Å². The molecule has 0 aliphatic carbocycles. The third kappa shape index (κ3) is 3.97. The highest BCUT2D eigenvalue weighted by Crippen LogP contribution is 2.18. The topological polar surface area (TPSA) is 106 Å². The summed E-state index contributed by atoms with van der Waals surface area (Å²) in [5.74, 6) is 0.248. The molecule has 3 aromatic rings. The van der Waals surface area contributed by atoms with E-state index in [1.54, 1.807) is 35.0 Å². The van der Waals surface area contributed by atoms with Gasteiger partial charge >= 0.3 is 0 Å². The second-order valence-electron chi connectivity index (χ2n) is 5.23. The fraction of sp³-hybridized carbons (Fsp3) is 0.118. The first-order valence-electron chi connectivity index (χ1n) is 7.42. The zero-order valence-corrected chi connectivity index (χ0v) is 13.4. The lowest BCUT2D eigenvalue weighted by Crippen LogP contribution is -2.20. The fourth-order valence-electron chi connectivity index (χ4n) is 2.23. The summed E-state index contributed by atoms with van der Waals surface area (Å²) in [4.78, 5) is 12.0. The summed E-state index contributed by atoms with van der Waals surface area (Å²) >= 11 is 0. The van der Waals surface area contributed by atoms with Gasteiger partial charge in [0.2, 0.25) is 0 Å². The zero-order chi connectivity index (χ0) is 17.6. The molecule has 25 heavy (non-hydrogen) atoms. The number of carbonyl (C=O) groups excluding carboxylic acids is 1. The van der Waals surface area contributed by atoms with Crippen LogP contribution in [0.25, 0.3) is 5.69 Å². The van der Waals surface area contributed by atoms with Crippen molar-refractivity contribution in [3.05, 3.63) is 59.9 Å². The van der Waals surface area contributed by atoms with Gasteiger partial charge in [0.15, 0.2) is 6.61 Å². The fourth-order valence-corrected chi connectivity index (χ4v) is 2.23. The number of nitrogens with one attached hydrogen (secondary N) is 1. The molecule has 0 saturated carbocycles. The van der Waals surface area contributed by atoms with E-state index in [2.05, 4.69) is 20.8 Å². The Hall–Kier alpha value is -3.73. The van der Waals surface area contributed by atoms with Crippen LogP contribution in [-0.2, 0) is 4.79 Å². The van der Waals surface area contributed by atoms with Crippen molar-refractivity contribution in [3.8, 4) is 17.5 Å². The first-order valence-corrected chi connectivity index (χ1v) is 7.42. The molecule has 8 nitrogen and oxygen atoms in total. The summed E-state index contributed by atoms with van der Waals surface area (Å²) in [7, 11) is 0. The SMILES string of the molecule is Cc1cc(NC(=O)COc2ccc(C#N)cc2)ccc1-n1cnnn1. The smallest absolute Gasteiger partial charge is 0.262 e. The number of rotatable bonds is 5. The number of aryl methyl sites for hydroxylation is 1. The van der Waals surface area contributed by atoms with E-state index in [9.17, 15) is 4.79 Å². The molecule has 0 aliphatic rings. The zero-order valence-electron chi connectivity index (χ0n) is 13.4. The molecular weight excluding hydrogens is 320 g/mol. The van der Waals surface area contributed by atoms with Crippen molar-refractivity contribution in [1.82, 2.24) is 20.2 Å². The van der Waals surface area contributed by atoms with Crippen LogP contribution < -0.4 is 10.1 Å². The molecular formula is C17H14N6O2. The van der Waals surface area contributed by atoms with Crippen LogP contribution in [0.5, 0.6) is 5.75 Å². The Morgan fingerprint density at radius 3 is 2.72 bits per heavy atom. The molecule has 0 spiro atoms. The van der Waals surface area contributed by atoms with Gasteiger partial charge in [-0.05, 0) is 65.4 Å². The quantitative estimate of drug-likeness (QED) is 0.763. The summed E-state index contributed by atoms with van der Waals surface area (Å²) < 4.78 is 6.95. The Morgan fingerprint density at radius 2 is 2.08 bits per heavy atom. The number of carbonyl (C=O) groups is 1. The molecule has 124 valence electrons. The minimum absolute atomic E-state index is 0.125. The number of anilines is 1. The number of hydrogen-bond donors (Lipinski definition) is 1. The lowest BCUT2D eigenvalue weighted by molar-refractivity contribution is -0.118. The second-order valence-corrected chi connectivity index (χ2v) is 5.23. The maximum absolute atomic E-state index is 12.0. The van der Waals surface area contributed by atoms with Crippen molar-refractivity contribution in [2.24, 2.45) is 0 Å². The highest BCUT2D eigenvalue weighted by Gasteiger charge is 2.07. The number of hydrogen-bond acceptors (Lipinski definition) is 6. The number of nitrogens with zero attached hydrogens (tertiary/aromatic N) is 5. The van der Waals surface area contributed by atoms with Crippen LogP contribution in [0.15, 0.2) is 48.8 Å². The van der Waals surface area contributed by atoms with Crippen LogP contribution in [0.2, 0.25) is 0 Å². The molecule has 8 heteroatoms.